The lowest BCUT2D eigenvalue weighted by atomic mass is 9.73. The Bertz CT molecular complexity index is 380. The summed E-state index contributed by atoms with van der Waals surface area (Å²) in [4.78, 5) is 11.4. The minimum atomic E-state index is -0.354. The molecule has 1 rings (SSSR count). The monoisotopic (exact) mass is 290 g/mol. The number of esters is 1. The molecule has 1 aliphatic rings. The molecule has 0 saturated carbocycles. The Labute approximate surface area is 130 Å². The summed E-state index contributed by atoms with van der Waals surface area (Å²) in [6.07, 6.45) is 18.3. The summed E-state index contributed by atoms with van der Waals surface area (Å²) in [5.74, 6) is 0.433. The van der Waals surface area contributed by atoms with Crippen molar-refractivity contribution in [2.45, 2.75) is 71.6 Å². The number of allylic oxidation sites excluding steroid dienone is 4. The Kier molecular flexibility index (Phi) is 8.11. The topological polar surface area (TPSA) is 26.3 Å². The molecule has 21 heavy (non-hydrogen) atoms. The molecule has 0 saturated heterocycles. The SMILES string of the molecule is C=CC(=O)OC1=CC=CC(CCCCC)(CCCCC)C1. The average molecular weight is 290 g/mol. The maximum atomic E-state index is 11.4. The van der Waals surface area contributed by atoms with Crippen LogP contribution in [0.25, 0.3) is 0 Å². The average Bonchev–Trinajstić information content (AvgIpc) is 2.48. The maximum Gasteiger partial charge on any atom is 0.335 e. The summed E-state index contributed by atoms with van der Waals surface area (Å²) in [5, 5.41) is 0. The zero-order valence-electron chi connectivity index (χ0n) is 13.7. The van der Waals surface area contributed by atoms with E-state index in [1.807, 2.05) is 6.08 Å². The highest BCUT2D eigenvalue weighted by atomic mass is 16.5. The lowest BCUT2D eigenvalue weighted by molar-refractivity contribution is -0.134. The lowest BCUT2D eigenvalue weighted by Gasteiger charge is -2.33. The van der Waals surface area contributed by atoms with E-state index in [9.17, 15) is 4.79 Å². The molecule has 0 heterocycles. The molecule has 0 aliphatic heterocycles. The van der Waals surface area contributed by atoms with Gasteiger partial charge in [0.2, 0.25) is 0 Å². The van der Waals surface area contributed by atoms with Crippen LogP contribution in [-0.4, -0.2) is 5.97 Å². The lowest BCUT2D eigenvalue weighted by Crippen LogP contribution is -2.22. The maximum absolute atomic E-state index is 11.4. The van der Waals surface area contributed by atoms with Gasteiger partial charge in [0, 0.05) is 12.5 Å². The van der Waals surface area contributed by atoms with Crippen molar-refractivity contribution >= 4 is 5.97 Å². The molecule has 118 valence electrons. The number of unbranched alkanes of at least 4 members (excludes halogenated alkanes) is 4. The quantitative estimate of drug-likeness (QED) is 0.293. The van der Waals surface area contributed by atoms with Gasteiger partial charge >= 0.3 is 5.97 Å². The molecule has 0 atom stereocenters. The van der Waals surface area contributed by atoms with Gasteiger partial charge in [-0.05, 0) is 24.3 Å². The van der Waals surface area contributed by atoms with Crippen molar-refractivity contribution in [3.05, 3.63) is 36.6 Å². The third kappa shape index (κ3) is 6.33. The van der Waals surface area contributed by atoms with Crippen LogP contribution in [-0.2, 0) is 9.53 Å². The van der Waals surface area contributed by atoms with Gasteiger partial charge < -0.3 is 4.74 Å². The number of ether oxygens (including phenoxy) is 1. The van der Waals surface area contributed by atoms with Gasteiger partial charge in [0.1, 0.15) is 5.76 Å². The molecule has 0 aromatic heterocycles. The van der Waals surface area contributed by atoms with Crippen molar-refractivity contribution in [1.82, 2.24) is 0 Å². The first-order valence-electron chi connectivity index (χ1n) is 8.38. The van der Waals surface area contributed by atoms with E-state index in [0.717, 1.165) is 12.2 Å². The number of carbonyl (C=O) groups excluding carboxylic acids is 1. The fourth-order valence-electron chi connectivity index (χ4n) is 2.99. The highest BCUT2D eigenvalue weighted by Gasteiger charge is 2.30. The highest BCUT2D eigenvalue weighted by Crippen LogP contribution is 2.41. The molecule has 0 amide bonds. The molecule has 0 N–H and O–H groups in total. The van der Waals surface area contributed by atoms with Crippen LogP contribution in [0.3, 0.4) is 0 Å². The van der Waals surface area contributed by atoms with Gasteiger partial charge in [-0.1, -0.05) is 71.1 Å². The summed E-state index contributed by atoms with van der Waals surface area (Å²) >= 11 is 0. The van der Waals surface area contributed by atoms with Gasteiger partial charge in [-0.3, -0.25) is 0 Å². The first kappa shape index (κ1) is 17.7. The highest BCUT2D eigenvalue weighted by molar-refractivity contribution is 5.82. The summed E-state index contributed by atoms with van der Waals surface area (Å²) in [6.45, 7) is 7.93. The van der Waals surface area contributed by atoms with Crippen LogP contribution in [0, 0.1) is 5.41 Å². The molecular weight excluding hydrogens is 260 g/mol. The predicted molar refractivity (Wildman–Crippen MR) is 88.8 cm³/mol. The minimum Gasteiger partial charge on any atom is -0.428 e. The Morgan fingerprint density at radius 3 is 2.38 bits per heavy atom. The first-order chi connectivity index (χ1) is 10.2. The second-order valence-corrected chi connectivity index (χ2v) is 6.07. The number of hydrogen-bond acceptors (Lipinski definition) is 2. The Morgan fingerprint density at radius 1 is 1.24 bits per heavy atom. The zero-order valence-corrected chi connectivity index (χ0v) is 13.7. The molecule has 2 nitrogen and oxygen atoms in total. The third-order valence-electron chi connectivity index (χ3n) is 4.21. The van der Waals surface area contributed by atoms with Crippen molar-refractivity contribution in [1.29, 1.82) is 0 Å². The van der Waals surface area contributed by atoms with Crippen molar-refractivity contribution in [2.24, 2.45) is 5.41 Å². The Balaban J connectivity index is 2.68. The fraction of sp³-hybridized carbons (Fsp3) is 0.632. The van der Waals surface area contributed by atoms with Gasteiger partial charge in [0.25, 0.3) is 0 Å². The van der Waals surface area contributed by atoms with Gasteiger partial charge in [-0.2, -0.15) is 0 Å². The Morgan fingerprint density at radius 2 is 1.86 bits per heavy atom. The summed E-state index contributed by atoms with van der Waals surface area (Å²) in [6, 6.07) is 0. The van der Waals surface area contributed by atoms with E-state index in [0.29, 0.717) is 0 Å². The molecular formula is C19H30O2. The molecule has 0 unspecified atom stereocenters. The molecule has 0 fully saturated rings. The van der Waals surface area contributed by atoms with Crippen molar-refractivity contribution < 1.29 is 9.53 Å². The van der Waals surface area contributed by atoms with E-state index in [1.54, 1.807) is 0 Å². The van der Waals surface area contributed by atoms with Crippen LogP contribution in [0.5, 0.6) is 0 Å². The van der Waals surface area contributed by atoms with E-state index < -0.39 is 0 Å². The van der Waals surface area contributed by atoms with Crippen molar-refractivity contribution in [3.8, 4) is 0 Å². The molecule has 0 aromatic rings. The minimum absolute atomic E-state index is 0.176. The van der Waals surface area contributed by atoms with Gasteiger partial charge in [0.15, 0.2) is 0 Å². The van der Waals surface area contributed by atoms with Gasteiger partial charge in [-0.15, -0.1) is 0 Å². The number of hydrogen-bond donors (Lipinski definition) is 0. The molecule has 0 aromatic carbocycles. The van der Waals surface area contributed by atoms with Crippen LogP contribution < -0.4 is 0 Å². The molecule has 1 aliphatic carbocycles. The fourth-order valence-corrected chi connectivity index (χ4v) is 2.99. The molecule has 2 heteroatoms. The molecule has 0 spiro atoms. The molecule has 0 radical (unpaired) electrons. The summed E-state index contributed by atoms with van der Waals surface area (Å²) in [7, 11) is 0. The second-order valence-electron chi connectivity index (χ2n) is 6.07. The van der Waals surface area contributed by atoms with Crippen molar-refractivity contribution in [2.75, 3.05) is 0 Å². The van der Waals surface area contributed by atoms with Gasteiger partial charge in [0.05, 0.1) is 0 Å². The van der Waals surface area contributed by atoms with Crippen molar-refractivity contribution in [3.63, 3.8) is 0 Å². The van der Waals surface area contributed by atoms with Crippen LogP contribution >= 0.6 is 0 Å². The smallest absolute Gasteiger partial charge is 0.335 e. The Hall–Kier alpha value is -1.31. The zero-order chi connectivity index (χ0) is 15.6. The van der Waals surface area contributed by atoms with E-state index in [2.05, 4.69) is 32.6 Å². The van der Waals surface area contributed by atoms with Crippen LogP contribution in [0.2, 0.25) is 0 Å². The third-order valence-corrected chi connectivity index (χ3v) is 4.21. The molecule has 0 bridgehead atoms. The van der Waals surface area contributed by atoms with E-state index in [1.165, 1.54) is 57.4 Å². The standard InChI is InChI=1S/C19H30O2/c1-4-7-9-13-19(14-10-8-5-2)15-11-12-17(16-19)21-18(20)6-3/h6,11-12,15H,3-5,7-10,13-14,16H2,1-2H3. The first-order valence-corrected chi connectivity index (χ1v) is 8.38. The van der Waals surface area contributed by atoms with Crippen LogP contribution in [0.4, 0.5) is 0 Å². The van der Waals surface area contributed by atoms with Crippen LogP contribution in [0.15, 0.2) is 36.6 Å². The predicted octanol–water partition coefficient (Wildman–Crippen LogP) is 5.71. The summed E-state index contributed by atoms with van der Waals surface area (Å²) < 4.78 is 5.36. The van der Waals surface area contributed by atoms with E-state index >= 15 is 0 Å². The second kappa shape index (κ2) is 9.59. The normalized spacial score (nSPS) is 16.4. The van der Waals surface area contributed by atoms with Gasteiger partial charge in [-0.25, -0.2) is 4.79 Å². The van der Waals surface area contributed by atoms with Crippen LogP contribution in [0.1, 0.15) is 71.6 Å². The van der Waals surface area contributed by atoms with E-state index in [4.69, 9.17) is 4.74 Å². The largest absolute Gasteiger partial charge is 0.428 e. The number of rotatable bonds is 10. The number of carbonyl (C=O) groups is 1. The summed E-state index contributed by atoms with van der Waals surface area (Å²) in [5.41, 5.74) is 0.176. The van der Waals surface area contributed by atoms with E-state index in [-0.39, 0.29) is 11.4 Å².